The Bertz CT molecular complexity index is 980. The molecule has 0 amide bonds. The molecule has 30 heavy (non-hydrogen) atoms. The van der Waals surface area contributed by atoms with Gasteiger partial charge in [-0.25, -0.2) is 0 Å². The van der Waals surface area contributed by atoms with Crippen LogP contribution < -0.4 is 0 Å². The van der Waals surface area contributed by atoms with Crippen molar-refractivity contribution < 1.29 is 9.53 Å². The number of nitrogens with zero attached hydrogens (tertiary/aromatic N) is 2. The summed E-state index contributed by atoms with van der Waals surface area (Å²) in [6.45, 7) is 5.96. The molecule has 0 spiro atoms. The number of esters is 1. The van der Waals surface area contributed by atoms with Crippen molar-refractivity contribution in [1.82, 2.24) is 9.47 Å². The molecule has 1 saturated carbocycles. The monoisotopic (exact) mass is 406 g/mol. The molecule has 2 aliphatic carbocycles. The third-order valence-corrected chi connectivity index (χ3v) is 7.42. The first-order valence-corrected chi connectivity index (χ1v) is 11.7. The molecule has 1 aliphatic heterocycles. The smallest absolute Gasteiger partial charge is 0.308 e. The lowest BCUT2D eigenvalue weighted by atomic mass is 9.80. The molecule has 160 valence electrons. The second-order valence-corrected chi connectivity index (χ2v) is 9.86. The molecule has 0 unspecified atom stereocenters. The van der Waals surface area contributed by atoms with Gasteiger partial charge in [0.1, 0.15) is 0 Å². The van der Waals surface area contributed by atoms with E-state index in [1.807, 2.05) is 0 Å². The van der Waals surface area contributed by atoms with E-state index in [-0.39, 0.29) is 17.8 Å². The lowest BCUT2D eigenvalue weighted by Crippen LogP contribution is -2.43. The van der Waals surface area contributed by atoms with Gasteiger partial charge in [0, 0.05) is 41.6 Å². The predicted octanol–water partition coefficient (Wildman–Crippen LogP) is 5.22. The van der Waals surface area contributed by atoms with Crippen molar-refractivity contribution in [2.24, 2.45) is 11.8 Å². The van der Waals surface area contributed by atoms with Crippen molar-refractivity contribution in [1.29, 1.82) is 0 Å². The van der Waals surface area contributed by atoms with E-state index >= 15 is 0 Å². The molecule has 1 aromatic heterocycles. The molecule has 1 aromatic carbocycles. The summed E-state index contributed by atoms with van der Waals surface area (Å²) in [6.07, 6.45) is 11.4. The average molecular weight is 407 g/mol. The number of fused-ring (bicyclic) bond motifs is 2. The Morgan fingerprint density at radius 2 is 2.00 bits per heavy atom. The van der Waals surface area contributed by atoms with Gasteiger partial charge in [0.2, 0.25) is 0 Å². The largest absolute Gasteiger partial charge is 0.465 e. The number of hydrogen-bond donors (Lipinski definition) is 0. The third kappa shape index (κ3) is 3.39. The van der Waals surface area contributed by atoms with E-state index in [0.717, 1.165) is 25.8 Å². The van der Waals surface area contributed by atoms with Crippen LogP contribution in [-0.2, 0) is 16.0 Å². The highest BCUT2D eigenvalue weighted by Gasteiger charge is 2.35. The number of hydrogen-bond acceptors (Lipinski definition) is 3. The van der Waals surface area contributed by atoms with Crippen LogP contribution in [0.15, 0.2) is 30.5 Å². The first kappa shape index (κ1) is 19.9. The van der Waals surface area contributed by atoms with E-state index in [9.17, 15) is 4.79 Å². The summed E-state index contributed by atoms with van der Waals surface area (Å²) in [6, 6.07) is 7.58. The van der Waals surface area contributed by atoms with E-state index < -0.39 is 0 Å². The van der Waals surface area contributed by atoms with E-state index in [1.165, 1.54) is 46.9 Å². The molecule has 3 aliphatic rings. The summed E-state index contributed by atoms with van der Waals surface area (Å²) >= 11 is 0. The van der Waals surface area contributed by atoms with E-state index in [2.05, 4.69) is 60.8 Å². The maximum atomic E-state index is 12.5. The number of rotatable bonds is 4. The zero-order valence-electron chi connectivity index (χ0n) is 18.6. The van der Waals surface area contributed by atoms with Crippen LogP contribution in [0.3, 0.4) is 0 Å². The molecule has 2 heterocycles. The van der Waals surface area contributed by atoms with Gasteiger partial charge in [0.15, 0.2) is 0 Å². The van der Waals surface area contributed by atoms with E-state index in [4.69, 9.17) is 4.74 Å². The molecular formula is C26H34N2O2. The van der Waals surface area contributed by atoms with Crippen LogP contribution in [0, 0.1) is 11.8 Å². The summed E-state index contributed by atoms with van der Waals surface area (Å²) in [4.78, 5) is 15.0. The van der Waals surface area contributed by atoms with Crippen LogP contribution in [0.1, 0.15) is 63.1 Å². The molecular weight excluding hydrogens is 372 g/mol. The molecule has 0 saturated heterocycles. The van der Waals surface area contributed by atoms with Crippen LogP contribution in [0.4, 0.5) is 0 Å². The van der Waals surface area contributed by atoms with Crippen LogP contribution >= 0.6 is 0 Å². The highest BCUT2D eigenvalue weighted by atomic mass is 16.5. The number of ether oxygens (including phenoxy) is 1. The van der Waals surface area contributed by atoms with Crippen molar-refractivity contribution in [3.8, 4) is 0 Å². The van der Waals surface area contributed by atoms with Crippen LogP contribution in [0.25, 0.3) is 16.5 Å². The fourth-order valence-corrected chi connectivity index (χ4v) is 5.86. The summed E-state index contributed by atoms with van der Waals surface area (Å²) < 4.78 is 8.23. The van der Waals surface area contributed by atoms with Crippen LogP contribution in [0.2, 0.25) is 0 Å². The Morgan fingerprint density at radius 1 is 1.20 bits per heavy atom. The SMILES string of the molecule is CC(C)n1cc2c3c(cccc31)C1=C[C@@H](COC(=O)C3CCCCC3)CN(C)[C@@H]1C2. The first-order chi connectivity index (χ1) is 14.5. The Kier molecular flexibility index (Phi) is 5.22. The number of likely N-dealkylation sites (N-methyl/N-ethyl adjacent to an activating group) is 1. The van der Waals surface area contributed by atoms with Gasteiger partial charge in [-0.2, -0.15) is 0 Å². The number of carbonyl (C=O) groups excluding carboxylic acids is 1. The zero-order valence-corrected chi connectivity index (χ0v) is 18.6. The van der Waals surface area contributed by atoms with Gasteiger partial charge in [0.25, 0.3) is 0 Å². The van der Waals surface area contributed by atoms with Crippen molar-refractivity contribution in [2.45, 2.75) is 64.5 Å². The van der Waals surface area contributed by atoms with E-state index in [1.54, 1.807) is 0 Å². The fraction of sp³-hybridized carbons (Fsp3) is 0.577. The van der Waals surface area contributed by atoms with Crippen molar-refractivity contribution in [3.05, 3.63) is 41.6 Å². The minimum atomic E-state index is 0.0277. The molecule has 5 rings (SSSR count). The average Bonchev–Trinajstić information content (AvgIpc) is 3.14. The number of benzene rings is 1. The Hall–Kier alpha value is -2.07. The highest BCUT2D eigenvalue weighted by Crippen LogP contribution is 2.42. The molecule has 0 N–H and O–H groups in total. The van der Waals surface area contributed by atoms with Crippen molar-refractivity contribution in [2.75, 3.05) is 20.2 Å². The second-order valence-electron chi connectivity index (χ2n) is 9.86. The molecule has 2 atom stereocenters. The first-order valence-electron chi connectivity index (χ1n) is 11.7. The molecule has 0 bridgehead atoms. The van der Waals surface area contributed by atoms with Gasteiger partial charge >= 0.3 is 5.97 Å². The van der Waals surface area contributed by atoms with Crippen LogP contribution in [-0.4, -0.2) is 41.7 Å². The van der Waals surface area contributed by atoms with Gasteiger partial charge in [0.05, 0.1) is 12.5 Å². The Labute approximate surface area is 179 Å². The molecule has 0 radical (unpaired) electrons. The lowest BCUT2D eigenvalue weighted by molar-refractivity contribution is -0.150. The topological polar surface area (TPSA) is 34.5 Å². The number of carbonyl (C=O) groups is 1. The summed E-state index contributed by atoms with van der Waals surface area (Å²) in [5, 5.41) is 1.42. The second kappa shape index (κ2) is 7.88. The van der Waals surface area contributed by atoms with Gasteiger partial charge in [-0.3, -0.25) is 9.69 Å². The summed E-state index contributed by atoms with van der Waals surface area (Å²) in [5.41, 5.74) is 5.59. The van der Waals surface area contributed by atoms with Crippen molar-refractivity contribution in [3.63, 3.8) is 0 Å². The van der Waals surface area contributed by atoms with E-state index in [0.29, 0.717) is 18.7 Å². The third-order valence-electron chi connectivity index (χ3n) is 7.42. The number of aromatic nitrogens is 1. The van der Waals surface area contributed by atoms with Crippen molar-refractivity contribution >= 4 is 22.4 Å². The molecule has 4 nitrogen and oxygen atoms in total. The van der Waals surface area contributed by atoms with Gasteiger partial charge in [-0.15, -0.1) is 0 Å². The molecule has 1 fully saturated rings. The molecule has 2 aromatic rings. The fourth-order valence-electron chi connectivity index (χ4n) is 5.86. The van der Waals surface area contributed by atoms with Gasteiger partial charge in [-0.05, 0) is 62.9 Å². The molecule has 4 heteroatoms. The summed E-state index contributed by atoms with van der Waals surface area (Å²) in [5.74, 6) is 0.417. The zero-order chi connectivity index (χ0) is 20.8. The maximum absolute atomic E-state index is 12.5. The van der Waals surface area contributed by atoms with Crippen LogP contribution in [0.5, 0.6) is 0 Å². The van der Waals surface area contributed by atoms with Gasteiger partial charge in [-0.1, -0.05) is 37.5 Å². The summed E-state index contributed by atoms with van der Waals surface area (Å²) in [7, 11) is 2.22. The Balaban J connectivity index is 1.41. The minimum absolute atomic E-state index is 0.0277. The lowest BCUT2D eigenvalue weighted by Gasteiger charge is -2.39. The van der Waals surface area contributed by atoms with Gasteiger partial charge < -0.3 is 9.30 Å². The normalized spacial score (nSPS) is 24.7. The maximum Gasteiger partial charge on any atom is 0.308 e. The Morgan fingerprint density at radius 3 is 2.77 bits per heavy atom. The standard InChI is InChI=1S/C26H34N2O2/c1-17(2)28-15-20-13-24-22(21-10-7-11-23(28)25(20)21)12-18(14-27(24)3)16-30-26(29)19-8-5-4-6-9-19/h7,10-12,15,17-19,24H,4-6,8-9,13-14,16H2,1-3H3/t18-,24-/m1/s1. The highest BCUT2D eigenvalue weighted by molar-refractivity contribution is 5.98. The minimum Gasteiger partial charge on any atom is -0.465 e. The quantitative estimate of drug-likeness (QED) is 0.653. The predicted molar refractivity (Wildman–Crippen MR) is 121 cm³/mol.